The van der Waals surface area contributed by atoms with Crippen LogP contribution < -0.4 is 5.32 Å². The second kappa shape index (κ2) is 5.53. The summed E-state index contributed by atoms with van der Waals surface area (Å²) >= 11 is 3.63. The van der Waals surface area contributed by atoms with Gasteiger partial charge in [0.25, 0.3) is 0 Å². The molecule has 0 unspecified atom stereocenters. The Morgan fingerprint density at radius 3 is 2.65 bits per heavy atom. The third kappa shape index (κ3) is 3.56. The molecule has 0 spiro atoms. The normalized spacial score (nSPS) is 18.5. The van der Waals surface area contributed by atoms with Gasteiger partial charge in [0.2, 0.25) is 0 Å². The quantitative estimate of drug-likeness (QED) is 0.867. The number of hydrogen-bond donors (Lipinski definition) is 1. The highest BCUT2D eigenvalue weighted by Gasteiger charge is 2.27. The Hall–Kier alpha value is -0.340. The molecule has 0 aromatic heterocycles. The molecule has 2 heteroatoms. The summed E-state index contributed by atoms with van der Waals surface area (Å²) in [6, 6.07) is 6.58. The molecule has 0 aliphatic heterocycles. The van der Waals surface area contributed by atoms with E-state index in [1.807, 2.05) is 0 Å². The molecule has 0 radical (unpaired) electrons. The molecule has 1 aromatic carbocycles. The fourth-order valence-corrected chi connectivity index (χ4v) is 3.33. The summed E-state index contributed by atoms with van der Waals surface area (Å²) in [6.45, 7) is 6.66. The van der Waals surface area contributed by atoms with Crippen molar-refractivity contribution in [1.82, 2.24) is 5.32 Å². The molecule has 0 heterocycles. The highest BCUT2D eigenvalue weighted by atomic mass is 79.9. The summed E-state index contributed by atoms with van der Waals surface area (Å²) < 4.78 is 1.22. The zero-order valence-corrected chi connectivity index (χ0v) is 12.4. The lowest BCUT2D eigenvalue weighted by Crippen LogP contribution is -2.29. The largest absolute Gasteiger partial charge is 0.312 e. The second-order valence-corrected chi connectivity index (χ2v) is 6.57. The fourth-order valence-electron chi connectivity index (χ4n) is 2.70. The Morgan fingerprint density at radius 1 is 1.29 bits per heavy atom. The standard InChI is InChI=1S/C15H22BrN/c1-12-5-6-13(14(16)9-12)10-17-11-15(2)7-3-4-8-15/h5-6,9,17H,3-4,7-8,10-11H2,1-2H3. The summed E-state index contributed by atoms with van der Waals surface area (Å²) in [6.07, 6.45) is 5.59. The predicted molar refractivity (Wildman–Crippen MR) is 77.2 cm³/mol. The number of hydrogen-bond acceptors (Lipinski definition) is 1. The van der Waals surface area contributed by atoms with Gasteiger partial charge in [-0.1, -0.05) is 47.8 Å². The minimum Gasteiger partial charge on any atom is -0.312 e. The van der Waals surface area contributed by atoms with Crippen molar-refractivity contribution in [2.75, 3.05) is 6.54 Å². The first-order valence-electron chi connectivity index (χ1n) is 6.55. The summed E-state index contributed by atoms with van der Waals surface area (Å²) in [5, 5.41) is 3.61. The topological polar surface area (TPSA) is 12.0 Å². The van der Waals surface area contributed by atoms with E-state index < -0.39 is 0 Å². The molecule has 1 fully saturated rings. The second-order valence-electron chi connectivity index (χ2n) is 5.72. The predicted octanol–water partition coefficient (Wildman–Crippen LogP) is 4.43. The molecule has 0 bridgehead atoms. The first-order valence-corrected chi connectivity index (χ1v) is 7.34. The molecular weight excluding hydrogens is 274 g/mol. The molecule has 0 amide bonds. The molecule has 2 rings (SSSR count). The van der Waals surface area contributed by atoms with Crippen molar-refractivity contribution < 1.29 is 0 Å². The number of nitrogens with one attached hydrogen (secondary N) is 1. The van der Waals surface area contributed by atoms with E-state index in [4.69, 9.17) is 0 Å². The molecule has 1 N–H and O–H groups in total. The van der Waals surface area contributed by atoms with Crippen LogP contribution in [0.3, 0.4) is 0 Å². The first-order chi connectivity index (χ1) is 8.09. The Kier molecular flexibility index (Phi) is 4.26. The Balaban J connectivity index is 1.85. The van der Waals surface area contributed by atoms with Gasteiger partial charge in [0, 0.05) is 17.6 Å². The third-order valence-corrected chi connectivity index (χ3v) is 4.62. The van der Waals surface area contributed by atoms with Crippen LogP contribution in [0.25, 0.3) is 0 Å². The molecule has 94 valence electrons. The number of halogens is 1. The van der Waals surface area contributed by atoms with Crippen LogP contribution >= 0.6 is 15.9 Å². The highest BCUT2D eigenvalue weighted by Crippen LogP contribution is 2.36. The van der Waals surface area contributed by atoms with E-state index in [9.17, 15) is 0 Å². The molecule has 1 saturated carbocycles. The summed E-state index contributed by atoms with van der Waals surface area (Å²) in [7, 11) is 0. The Bertz CT molecular complexity index is 381. The maximum absolute atomic E-state index is 3.63. The van der Waals surface area contributed by atoms with Gasteiger partial charge in [0.1, 0.15) is 0 Å². The number of aryl methyl sites for hydroxylation is 1. The molecule has 1 aliphatic carbocycles. The zero-order chi connectivity index (χ0) is 12.3. The summed E-state index contributed by atoms with van der Waals surface area (Å²) in [5.41, 5.74) is 3.21. The van der Waals surface area contributed by atoms with E-state index >= 15 is 0 Å². The van der Waals surface area contributed by atoms with E-state index in [0.717, 1.165) is 13.1 Å². The van der Waals surface area contributed by atoms with Crippen LogP contribution in [-0.2, 0) is 6.54 Å². The smallest absolute Gasteiger partial charge is 0.0222 e. The van der Waals surface area contributed by atoms with E-state index in [-0.39, 0.29) is 0 Å². The van der Waals surface area contributed by atoms with Crippen molar-refractivity contribution in [3.05, 3.63) is 33.8 Å². The van der Waals surface area contributed by atoms with Crippen molar-refractivity contribution in [3.63, 3.8) is 0 Å². The monoisotopic (exact) mass is 295 g/mol. The third-order valence-electron chi connectivity index (χ3n) is 3.89. The summed E-state index contributed by atoms with van der Waals surface area (Å²) in [5.74, 6) is 0. The van der Waals surface area contributed by atoms with Crippen molar-refractivity contribution in [2.45, 2.75) is 46.1 Å². The maximum atomic E-state index is 3.63. The average Bonchev–Trinajstić information content (AvgIpc) is 2.69. The van der Waals surface area contributed by atoms with Crippen molar-refractivity contribution in [3.8, 4) is 0 Å². The lowest BCUT2D eigenvalue weighted by atomic mass is 9.89. The molecule has 1 nitrogen and oxygen atoms in total. The molecule has 0 saturated heterocycles. The van der Waals surface area contributed by atoms with Gasteiger partial charge in [0.15, 0.2) is 0 Å². The lowest BCUT2D eigenvalue weighted by Gasteiger charge is -2.24. The van der Waals surface area contributed by atoms with Crippen LogP contribution in [0.1, 0.15) is 43.7 Å². The van der Waals surface area contributed by atoms with Gasteiger partial charge >= 0.3 is 0 Å². The highest BCUT2D eigenvalue weighted by molar-refractivity contribution is 9.10. The minimum absolute atomic E-state index is 0.539. The molecule has 1 aliphatic rings. The molecule has 0 atom stereocenters. The molecular formula is C15H22BrN. The van der Waals surface area contributed by atoms with Crippen molar-refractivity contribution >= 4 is 15.9 Å². The Labute approximate surface area is 113 Å². The summed E-state index contributed by atoms with van der Waals surface area (Å²) in [4.78, 5) is 0. The van der Waals surface area contributed by atoms with Crippen LogP contribution in [0.4, 0.5) is 0 Å². The van der Waals surface area contributed by atoms with Crippen LogP contribution in [0, 0.1) is 12.3 Å². The van der Waals surface area contributed by atoms with E-state index in [0.29, 0.717) is 5.41 Å². The lowest BCUT2D eigenvalue weighted by molar-refractivity contribution is 0.314. The first kappa shape index (κ1) is 13.1. The van der Waals surface area contributed by atoms with Crippen molar-refractivity contribution in [1.29, 1.82) is 0 Å². The minimum atomic E-state index is 0.539. The van der Waals surface area contributed by atoms with Crippen LogP contribution in [-0.4, -0.2) is 6.54 Å². The average molecular weight is 296 g/mol. The zero-order valence-electron chi connectivity index (χ0n) is 10.9. The van der Waals surface area contributed by atoms with E-state index in [1.165, 1.54) is 41.3 Å². The van der Waals surface area contributed by atoms with Gasteiger partial charge in [-0.15, -0.1) is 0 Å². The van der Waals surface area contributed by atoms with Crippen molar-refractivity contribution in [2.24, 2.45) is 5.41 Å². The number of benzene rings is 1. The number of rotatable bonds is 4. The van der Waals surface area contributed by atoms with Gasteiger partial charge < -0.3 is 5.32 Å². The SMILES string of the molecule is Cc1ccc(CNCC2(C)CCCC2)c(Br)c1. The molecule has 1 aromatic rings. The van der Waals surface area contributed by atoms with E-state index in [2.05, 4.69) is 53.3 Å². The maximum Gasteiger partial charge on any atom is 0.0222 e. The van der Waals surface area contributed by atoms with Gasteiger partial charge in [-0.3, -0.25) is 0 Å². The van der Waals surface area contributed by atoms with Gasteiger partial charge in [0.05, 0.1) is 0 Å². The van der Waals surface area contributed by atoms with E-state index in [1.54, 1.807) is 0 Å². The van der Waals surface area contributed by atoms with Gasteiger partial charge in [-0.25, -0.2) is 0 Å². The molecule has 17 heavy (non-hydrogen) atoms. The fraction of sp³-hybridized carbons (Fsp3) is 0.600. The van der Waals surface area contributed by atoms with Gasteiger partial charge in [-0.2, -0.15) is 0 Å². The Morgan fingerprint density at radius 2 is 2.00 bits per heavy atom. The van der Waals surface area contributed by atoms with Crippen LogP contribution in [0.15, 0.2) is 22.7 Å². The van der Waals surface area contributed by atoms with Crippen LogP contribution in [0.5, 0.6) is 0 Å². The van der Waals surface area contributed by atoms with Crippen LogP contribution in [0.2, 0.25) is 0 Å². The van der Waals surface area contributed by atoms with Gasteiger partial charge in [-0.05, 0) is 42.4 Å².